The van der Waals surface area contributed by atoms with E-state index in [0.29, 0.717) is 22.4 Å². The Hall–Kier alpha value is -3.33. The van der Waals surface area contributed by atoms with Crippen LogP contribution in [0.4, 0.5) is 5.82 Å². The molecule has 0 saturated carbocycles. The van der Waals surface area contributed by atoms with E-state index in [1.54, 1.807) is 18.2 Å². The number of nitrogen functional groups attached to an aromatic ring is 1. The number of benzene rings is 1. The van der Waals surface area contributed by atoms with Crippen molar-refractivity contribution >= 4 is 5.82 Å². The number of aromatic hydroxyl groups is 1. The van der Waals surface area contributed by atoms with Crippen molar-refractivity contribution < 1.29 is 5.11 Å². The van der Waals surface area contributed by atoms with E-state index in [9.17, 15) is 10.4 Å². The predicted molar refractivity (Wildman–Crippen MR) is 96.7 cm³/mol. The second-order valence-corrected chi connectivity index (χ2v) is 5.87. The molecule has 25 heavy (non-hydrogen) atoms. The highest BCUT2D eigenvalue weighted by atomic mass is 16.3. The molecule has 3 N–H and O–H groups in total. The van der Waals surface area contributed by atoms with E-state index in [1.807, 2.05) is 29.9 Å². The lowest BCUT2D eigenvalue weighted by atomic mass is 9.98. The third kappa shape index (κ3) is 3.17. The number of aromatic nitrogens is 3. The van der Waals surface area contributed by atoms with Crippen LogP contribution >= 0.6 is 0 Å². The van der Waals surface area contributed by atoms with Gasteiger partial charge in [0.25, 0.3) is 0 Å². The molecule has 0 radical (unpaired) electrons. The predicted octanol–water partition coefficient (Wildman–Crippen LogP) is 3.49. The van der Waals surface area contributed by atoms with Crippen LogP contribution in [0.5, 0.6) is 5.75 Å². The summed E-state index contributed by atoms with van der Waals surface area (Å²) in [6.07, 6.45) is 2.93. The Kier molecular flexibility index (Phi) is 4.40. The topological polar surface area (TPSA) is 101 Å². The average molecular weight is 333 g/mol. The fourth-order valence-electron chi connectivity index (χ4n) is 2.83. The van der Waals surface area contributed by atoms with Crippen molar-refractivity contribution in [2.24, 2.45) is 0 Å². The van der Waals surface area contributed by atoms with Gasteiger partial charge in [0.2, 0.25) is 0 Å². The van der Waals surface area contributed by atoms with Gasteiger partial charge in [0.05, 0.1) is 11.4 Å². The first-order valence-corrected chi connectivity index (χ1v) is 8.08. The van der Waals surface area contributed by atoms with Gasteiger partial charge in [0.15, 0.2) is 0 Å². The lowest BCUT2D eigenvalue weighted by molar-refractivity contribution is 0.475. The standard InChI is InChI=1S/C19H19N5O/c1-3-7-24-11-17(12(2)23-24)18-9-15(16(10-20)19(21)22-18)13-5-4-6-14(25)8-13/h4-6,8-9,11,25H,3,7H2,1-2H3,(H2,21,22). The maximum absolute atomic E-state index is 9.76. The fourth-order valence-corrected chi connectivity index (χ4v) is 2.83. The molecule has 0 atom stereocenters. The van der Waals surface area contributed by atoms with Crippen molar-refractivity contribution in [3.05, 3.63) is 47.8 Å². The molecule has 0 saturated heterocycles. The third-order valence-electron chi connectivity index (χ3n) is 3.99. The number of pyridine rings is 1. The molecule has 0 aliphatic heterocycles. The molecule has 0 bridgehead atoms. The number of hydrogen-bond acceptors (Lipinski definition) is 5. The Labute approximate surface area is 146 Å². The molecule has 2 heterocycles. The molecule has 2 aromatic heterocycles. The highest BCUT2D eigenvalue weighted by Crippen LogP contribution is 2.33. The first kappa shape index (κ1) is 16.5. The molecule has 3 rings (SSSR count). The minimum absolute atomic E-state index is 0.130. The zero-order valence-corrected chi connectivity index (χ0v) is 14.2. The largest absolute Gasteiger partial charge is 0.508 e. The van der Waals surface area contributed by atoms with Crippen LogP contribution in [-0.4, -0.2) is 19.9 Å². The van der Waals surface area contributed by atoms with Crippen LogP contribution in [0.2, 0.25) is 0 Å². The van der Waals surface area contributed by atoms with Crippen LogP contribution in [0.25, 0.3) is 22.4 Å². The minimum Gasteiger partial charge on any atom is -0.508 e. The number of aryl methyl sites for hydroxylation is 2. The maximum atomic E-state index is 9.76. The van der Waals surface area contributed by atoms with Crippen molar-refractivity contribution in [3.63, 3.8) is 0 Å². The van der Waals surface area contributed by atoms with E-state index in [0.717, 1.165) is 24.2 Å². The highest BCUT2D eigenvalue weighted by molar-refractivity contribution is 5.80. The Bertz CT molecular complexity index is 968. The second kappa shape index (κ2) is 6.65. The van der Waals surface area contributed by atoms with Crippen LogP contribution < -0.4 is 5.73 Å². The molecule has 6 heteroatoms. The number of nitriles is 1. The SMILES string of the molecule is CCCn1cc(-c2cc(-c3cccc(O)c3)c(C#N)c(N)n2)c(C)n1. The normalized spacial score (nSPS) is 10.6. The Morgan fingerprint density at radius 1 is 1.28 bits per heavy atom. The van der Waals surface area contributed by atoms with Crippen LogP contribution in [0, 0.1) is 18.3 Å². The second-order valence-electron chi connectivity index (χ2n) is 5.87. The van der Waals surface area contributed by atoms with E-state index in [-0.39, 0.29) is 11.6 Å². The van der Waals surface area contributed by atoms with Gasteiger partial charge in [0.1, 0.15) is 23.2 Å². The molecule has 126 valence electrons. The molecule has 0 amide bonds. The summed E-state index contributed by atoms with van der Waals surface area (Å²) in [5, 5.41) is 23.7. The number of nitrogens with zero attached hydrogens (tertiary/aromatic N) is 4. The van der Waals surface area contributed by atoms with Gasteiger partial charge in [-0.25, -0.2) is 4.98 Å². The first-order valence-electron chi connectivity index (χ1n) is 8.08. The van der Waals surface area contributed by atoms with Gasteiger partial charge in [-0.1, -0.05) is 19.1 Å². The summed E-state index contributed by atoms with van der Waals surface area (Å²) in [6.45, 7) is 4.84. The van der Waals surface area contributed by atoms with Crippen molar-refractivity contribution in [1.82, 2.24) is 14.8 Å². The maximum Gasteiger partial charge on any atom is 0.142 e. The lowest BCUT2D eigenvalue weighted by Gasteiger charge is -2.10. The quantitative estimate of drug-likeness (QED) is 0.761. The molecule has 3 aromatic rings. The van der Waals surface area contributed by atoms with E-state index >= 15 is 0 Å². The van der Waals surface area contributed by atoms with Crippen LogP contribution in [0.15, 0.2) is 36.5 Å². The minimum atomic E-state index is 0.130. The number of hydrogen-bond donors (Lipinski definition) is 2. The van der Waals surface area contributed by atoms with Crippen molar-refractivity contribution in [2.75, 3.05) is 5.73 Å². The van der Waals surface area contributed by atoms with Gasteiger partial charge in [0, 0.05) is 23.9 Å². The molecule has 0 aliphatic carbocycles. The lowest BCUT2D eigenvalue weighted by Crippen LogP contribution is -2.00. The summed E-state index contributed by atoms with van der Waals surface area (Å²) in [7, 11) is 0. The average Bonchev–Trinajstić information content (AvgIpc) is 2.95. The number of phenols is 1. The summed E-state index contributed by atoms with van der Waals surface area (Å²) in [5.41, 5.74) is 10.1. The Balaban J connectivity index is 2.19. The summed E-state index contributed by atoms with van der Waals surface area (Å²) in [6, 6.07) is 10.7. The molecule has 1 aromatic carbocycles. The molecular weight excluding hydrogens is 314 g/mol. The van der Waals surface area contributed by atoms with Gasteiger partial charge in [-0.3, -0.25) is 4.68 Å². The Morgan fingerprint density at radius 2 is 2.08 bits per heavy atom. The Morgan fingerprint density at radius 3 is 2.76 bits per heavy atom. The van der Waals surface area contributed by atoms with Gasteiger partial charge >= 0.3 is 0 Å². The molecule has 0 unspecified atom stereocenters. The molecule has 6 nitrogen and oxygen atoms in total. The van der Waals surface area contributed by atoms with E-state index in [2.05, 4.69) is 23.1 Å². The molecular formula is C19H19N5O. The van der Waals surface area contributed by atoms with Gasteiger partial charge in [-0.2, -0.15) is 10.4 Å². The molecule has 0 fully saturated rings. The zero-order chi connectivity index (χ0) is 18.0. The van der Waals surface area contributed by atoms with Crippen LogP contribution in [0.3, 0.4) is 0 Å². The molecule has 0 spiro atoms. The van der Waals surface area contributed by atoms with E-state index in [4.69, 9.17) is 5.73 Å². The number of phenolic OH excluding ortho intramolecular Hbond substituents is 1. The van der Waals surface area contributed by atoms with Gasteiger partial charge < -0.3 is 10.8 Å². The zero-order valence-electron chi connectivity index (χ0n) is 14.2. The van der Waals surface area contributed by atoms with E-state index < -0.39 is 0 Å². The first-order chi connectivity index (χ1) is 12.0. The summed E-state index contributed by atoms with van der Waals surface area (Å²) >= 11 is 0. The van der Waals surface area contributed by atoms with Crippen LogP contribution in [0.1, 0.15) is 24.6 Å². The summed E-state index contributed by atoms with van der Waals surface area (Å²) < 4.78 is 1.88. The van der Waals surface area contributed by atoms with Crippen LogP contribution in [-0.2, 0) is 6.54 Å². The third-order valence-corrected chi connectivity index (χ3v) is 3.99. The number of nitrogens with two attached hydrogens (primary N) is 1. The van der Waals surface area contributed by atoms with Crippen molar-refractivity contribution in [1.29, 1.82) is 5.26 Å². The van der Waals surface area contributed by atoms with E-state index in [1.165, 1.54) is 0 Å². The molecule has 0 aliphatic rings. The van der Waals surface area contributed by atoms with Crippen molar-refractivity contribution in [2.45, 2.75) is 26.8 Å². The number of anilines is 1. The van der Waals surface area contributed by atoms with Gasteiger partial charge in [-0.15, -0.1) is 0 Å². The van der Waals surface area contributed by atoms with Gasteiger partial charge in [-0.05, 0) is 37.1 Å². The summed E-state index contributed by atoms with van der Waals surface area (Å²) in [5.74, 6) is 0.297. The highest BCUT2D eigenvalue weighted by Gasteiger charge is 2.16. The fraction of sp³-hybridized carbons (Fsp3) is 0.211. The smallest absolute Gasteiger partial charge is 0.142 e. The monoisotopic (exact) mass is 333 g/mol. The summed E-state index contributed by atoms with van der Waals surface area (Å²) in [4.78, 5) is 4.40. The van der Waals surface area contributed by atoms with Crippen molar-refractivity contribution in [3.8, 4) is 34.2 Å². The number of rotatable bonds is 4.